The van der Waals surface area contributed by atoms with Crippen molar-refractivity contribution in [2.45, 2.75) is 40.0 Å². The van der Waals surface area contributed by atoms with Crippen LogP contribution in [0.3, 0.4) is 0 Å². The van der Waals surface area contributed by atoms with Gasteiger partial charge >= 0.3 is 25.8 Å². The molecule has 2 aromatic carbocycles. The van der Waals surface area contributed by atoms with Crippen molar-refractivity contribution in [3.05, 3.63) is 115 Å². The maximum Gasteiger partial charge on any atom is 4.00 e. The van der Waals surface area contributed by atoms with Gasteiger partial charge < -0.3 is 16.1 Å². The van der Waals surface area contributed by atoms with Crippen molar-refractivity contribution >= 4 is 0 Å². The third kappa shape index (κ3) is 16.8. The van der Waals surface area contributed by atoms with E-state index in [1.54, 1.807) is 36.4 Å². The Balaban J connectivity index is 0. The van der Waals surface area contributed by atoms with Gasteiger partial charge in [-0.2, -0.15) is 26.8 Å². The Morgan fingerprint density at radius 3 is 1.50 bits per heavy atom. The van der Waals surface area contributed by atoms with Crippen molar-refractivity contribution < 1.29 is 36.1 Å². The molecule has 0 aromatic heterocycles. The quantitative estimate of drug-likeness (QED) is 0.263. The van der Waals surface area contributed by atoms with Gasteiger partial charge in [-0.1, -0.05) is 71.8 Å². The summed E-state index contributed by atoms with van der Waals surface area (Å²) in [5.41, 5.74) is 1.63. The van der Waals surface area contributed by atoms with Crippen molar-refractivity contribution in [3.63, 3.8) is 0 Å². The standard InChI is InChI=1S/2C9H10O.C5H5.C4H9.Hf/c2*1-2-5-8-6-3-4-7-9(8)10;1-2-4-5-3-1;1-4(2)3;/h2*2-4,6-7,10H,1,5H2;1-3H,4H2;1-3H3;/q;;2*-1;+4/p-2. The van der Waals surface area contributed by atoms with Crippen LogP contribution in [-0.4, -0.2) is 0 Å². The van der Waals surface area contributed by atoms with E-state index < -0.39 is 0 Å². The maximum atomic E-state index is 11.0. The van der Waals surface area contributed by atoms with E-state index in [0.29, 0.717) is 12.8 Å². The van der Waals surface area contributed by atoms with E-state index in [-0.39, 0.29) is 37.3 Å². The van der Waals surface area contributed by atoms with Crippen LogP contribution < -0.4 is 10.2 Å². The molecule has 156 valence electrons. The van der Waals surface area contributed by atoms with E-state index in [1.165, 1.54) is 5.92 Å². The number of rotatable bonds is 4. The molecule has 0 N–H and O–H groups in total. The Hall–Kier alpha value is -2.13. The summed E-state index contributed by atoms with van der Waals surface area (Å²) in [6, 6.07) is 14.0. The van der Waals surface area contributed by atoms with E-state index in [0.717, 1.165) is 17.5 Å². The molecule has 0 saturated carbocycles. The third-order valence-electron chi connectivity index (χ3n) is 3.26. The molecule has 0 saturated heterocycles. The number of allylic oxidation sites excluding steroid dienone is 6. The number of hydrogen-bond acceptors (Lipinski definition) is 2. The fourth-order valence-corrected chi connectivity index (χ4v) is 2.00. The summed E-state index contributed by atoms with van der Waals surface area (Å²) in [7, 11) is 0. The van der Waals surface area contributed by atoms with Crippen LogP contribution in [0.15, 0.2) is 92.1 Å². The Kier molecular flexibility index (Phi) is 20.2. The van der Waals surface area contributed by atoms with Crippen LogP contribution in [-0.2, 0) is 38.7 Å². The molecule has 2 nitrogen and oxygen atoms in total. The molecule has 30 heavy (non-hydrogen) atoms. The number of hydrogen-bond donors (Lipinski definition) is 0. The zero-order valence-electron chi connectivity index (χ0n) is 18.4. The summed E-state index contributed by atoms with van der Waals surface area (Å²) in [5, 5.41) is 21.9. The Bertz CT molecular complexity index is 697. The molecule has 0 fully saturated rings. The second-order valence-corrected chi connectivity index (χ2v) is 6.70. The van der Waals surface area contributed by atoms with E-state index in [1.807, 2.05) is 36.4 Å². The van der Waals surface area contributed by atoms with Crippen molar-refractivity contribution in [1.82, 2.24) is 0 Å². The van der Waals surface area contributed by atoms with Crippen LogP contribution in [0.4, 0.5) is 0 Å². The van der Waals surface area contributed by atoms with Gasteiger partial charge in [-0.05, 0) is 12.8 Å². The largest absolute Gasteiger partial charge is 4.00 e. The van der Waals surface area contributed by atoms with E-state index in [2.05, 4.69) is 46.1 Å². The first-order valence-corrected chi connectivity index (χ1v) is 9.62. The Morgan fingerprint density at radius 2 is 1.27 bits per heavy atom. The van der Waals surface area contributed by atoms with Gasteiger partial charge in [0.1, 0.15) is 0 Å². The average molecular weight is 567 g/mol. The number of benzene rings is 2. The summed E-state index contributed by atoms with van der Waals surface area (Å²) < 4.78 is 0. The van der Waals surface area contributed by atoms with Gasteiger partial charge in [-0.3, -0.25) is 6.08 Å². The zero-order chi connectivity index (χ0) is 21.9. The summed E-state index contributed by atoms with van der Waals surface area (Å²) in [6.45, 7) is 13.4. The van der Waals surface area contributed by atoms with Crippen LogP contribution in [0.5, 0.6) is 11.5 Å². The van der Waals surface area contributed by atoms with Gasteiger partial charge in [0.25, 0.3) is 0 Å². The molecule has 0 spiro atoms. The zero-order valence-corrected chi connectivity index (χ0v) is 22.0. The first kappa shape index (κ1) is 30.1. The molecule has 3 heteroatoms. The first-order valence-electron chi connectivity index (χ1n) is 9.62. The minimum Gasteiger partial charge on any atom is -0.872 e. The summed E-state index contributed by atoms with van der Waals surface area (Å²) in [6.07, 6.45) is 14.8. The molecule has 0 unspecified atom stereocenters. The molecule has 0 aliphatic heterocycles. The minimum atomic E-state index is 0. The second kappa shape index (κ2) is 20.2. The average Bonchev–Trinajstić information content (AvgIpc) is 3.26. The monoisotopic (exact) mass is 568 g/mol. The molecule has 0 bridgehead atoms. The van der Waals surface area contributed by atoms with Gasteiger partial charge in [-0.15, -0.1) is 31.1 Å². The van der Waals surface area contributed by atoms with Gasteiger partial charge in [0.05, 0.1) is 0 Å². The van der Waals surface area contributed by atoms with Gasteiger partial charge in [0, 0.05) is 0 Å². The van der Waals surface area contributed by atoms with Crippen LogP contribution in [0.25, 0.3) is 0 Å². The second-order valence-electron chi connectivity index (χ2n) is 6.70. The molecule has 3 rings (SSSR count). The van der Waals surface area contributed by atoms with Crippen molar-refractivity contribution in [1.29, 1.82) is 0 Å². The van der Waals surface area contributed by atoms with Crippen molar-refractivity contribution in [2.75, 3.05) is 0 Å². The van der Waals surface area contributed by atoms with Gasteiger partial charge in [0.15, 0.2) is 0 Å². The minimum absolute atomic E-state index is 0. The third-order valence-corrected chi connectivity index (χ3v) is 3.26. The molecular formula is C27H32HfO2. The molecule has 0 heterocycles. The maximum absolute atomic E-state index is 11.0. The van der Waals surface area contributed by atoms with Gasteiger partial charge in [0.2, 0.25) is 0 Å². The Morgan fingerprint density at radius 1 is 0.867 bits per heavy atom. The normalized spacial score (nSPS) is 10.3. The summed E-state index contributed by atoms with van der Waals surface area (Å²) >= 11 is 0. The van der Waals surface area contributed by atoms with Crippen molar-refractivity contribution in [3.8, 4) is 11.5 Å². The molecule has 2 aromatic rings. The SMILES string of the molecule is C=CCc1ccccc1[O-].C=CCc1ccccc1[O-].C[C-](C)C.[C-]1=CC=CC1.[Hf+4]. The van der Waals surface area contributed by atoms with Crippen LogP contribution in [0, 0.1) is 12.0 Å². The predicted molar refractivity (Wildman–Crippen MR) is 121 cm³/mol. The van der Waals surface area contributed by atoms with E-state index in [4.69, 9.17) is 0 Å². The Labute approximate surface area is 202 Å². The predicted octanol–water partition coefficient (Wildman–Crippen LogP) is 5.90. The number of para-hydroxylation sites is 2. The topological polar surface area (TPSA) is 46.1 Å². The molecule has 0 amide bonds. The molecule has 0 radical (unpaired) electrons. The van der Waals surface area contributed by atoms with Crippen LogP contribution >= 0.6 is 0 Å². The fraction of sp³-hybridized carbons (Fsp3) is 0.222. The van der Waals surface area contributed by atoms with Crippen LogP contribution in [0.2, 0.25) is 0 Å². The first-order chi connectivity index (χ1) is 13.9. The van der Waals surface area contributed by atoms with E-state index >= 15 is 0 Å². The molecule has 0 atom stereocenters. The molecular weight excluding hydrogens is 535 g/mol. The van der Waals surface area contributed by atoms with E-state index in [9.17, 15) is 10.2 Å². The van der Waals surface area contributed by atoms with Crippen LogP contribution in [0.1, 0.15) is 38.3 Å². The van der Waals surface area contributed by atoms with Crippen molar-refractivity contribution in [2.24, 2.45) is 0 Å². The molecule has 1 aliphatic carbocycles. The fourth-order valence-electron chi connectivity index (χ4n) is 2.00. The molecule has 1 aliphatic rings. The van der Waals surface area contributed by atoms with Gasteiger partial charge in [-0.25, -0.2) is 12.2 Å². The summed E-state index contributed by atoms with van der Waals surface area (Å²) in [4.78, 5) is 0. The smallest absolute Gasteiger partial charge is 0.872 e. The summed E-state index contributed by atoms with van der Waals surface area (Å²) in [5.74, 6) is 1.62.